The molecule has 5 nitrogen and oxygen atoms in total. The van der Waals surface area contributed by atoms with E-state index in [1.54, 1.807) is 25.3 Å². The molecule has 24 heavy (non-hydrogen) atoms. The number of para-hydroxylation sites is 1. The zero-order chi connectivity index (χ0) is 16.9. The van der Waals surface area contributed by atoms with Gasteiger partial charge in [-0.15, -0.1) is 0 Å². The van der Waals surface area contributed by atoms with E-state index in [0.29, 0.717) is 11.5 Å². The Bertz CT molecular complexity index is 843. The summed E-state index contributed by atoms with van der Waals surface area (Å²) in [6.45, 7) is 0. The Kier molecular flexibility index (Phi) is 4.56. The second kappa shape index (κ2) is 6.95. The number of nitrogens with zero attached hydrogens (tertiary/aromatic N) is 1. The first-order valence-electron chi connectivity index (χ1n) is 7.30. The average molecular weight is 326 g/mol. The van der Waals surface area contributed by atoms with Crippen LogP contribution < -0.4 is 10.1 Å². The van der Waals surface area contributed by atoms with Gasteiger partial charge in [0.25, 0.3) is 0 Å². The lowest BCUT2D eigenvalue weighted by atomic mass is 10.1. The Morgan fingerprint density at radius 2 is 1.96 bits per heavy atom. The van der Waals surface area contributed by atoms with Crippen LogP contribution in [-0.2, 0) is 11.2 Å². The summed E-state index contributed by atoms with van der Waals surface area (Å²) < 4.78 is 23.9. The fraction of sp³-hybridized carbons (Fsp3) is 0.111. The van der Waals surface area contributed by atoms with Gasteiger partial charge < -0.3 is 14.6 Å². The smallest absolute Gasteiger partial charge is 0.230 e. The fourth-order valence-corrected chi connectivity index (χ4v) is 2.21. The predicted octanol–water partition coefficient (Wildman–Crippen LogP) is 3.67. The molecule has 0 saturated carbocycles. The summed E-state index contributed by atoms with van der Waals surface area (Å²) in [4.78, 5) is 12.0. The zero-order valence-electron chi connectivity index (χ0n) is 13.0. The molecule has 3 rings (SSSR count). The lowest BCUT2D eigenvalue weighted by molar-refractivity contribution is -0.115. The van der Waals surface area contributed by atoms with E-state index in [0.717, 1.165) is 11.3 Å². The molecule has 6 heteroatoms. The van der Waals surface area contributed by atoms with Crippen LogP contribution in [0.4, 0.5) is 10.1 Å². The highest BCUT2D eigenvalue weighted by Crippen LogP contribution is 2.23. The monoisotopic (exact) mass is 326 g/mol. The maximum atomic E-state index is 13.5. The molecular weight excluding hydrogens is 311 g/mol. The largest absolute Gasteiger partial charge is 0.497 e. The van der Waals surface area contributed by atoms with Crippen molar-refractivity contribution in [3.05, 3.63) is 66.1 Å². The minimum atomic E-state index is -0.482. The van der Waals surface area contributed by atoms with Gasteiger partial charge in [-0.25, -0.2) is 4.39 Å². The molecule has 0 unspecified atom stereocenters. The number of amides is 1. The van der Waals surface area contributed by atoms with Crippen molar-refractivity contribution in [1.29, 1.82) is 0 Å². The topological polar surface area (TPSA) is 64.4 Å². The van der Waals surface area contributed by atoms with Crippen molar-refractivity contribution in [2.24, 2.45) is 0 Å². The number of anilines is 1. The summed E-state index contributed by atoms with van der Waals surface area (Å²) in [7, 11) is 1.59. The van der Waals surface area contributed by atoms with Gasteiger partial charge in [-0.1, -0.05) is 17.3 Å². The lowest BCUT2D eigenvalue weighted by Gasteiger charge is -2.04. The normalized spacial score (nSPS) is 10.4. The van der Waals surface area contributed by atoms with Crippen molar-refractivity contribution in [2.45, 2.75) is 6.42 Å². The molecule has 1 amide bonds. The van der Waals surface area contributed by atoms with Crippen molar-refractivity contribution in [3.8, 4) is 17.1 Å². The third-order valence-corrected chi connectivity index (χ3v) is 3.42. The summed E-state index contributed by atoms with van der Waals surface area (Å²) in [6, 6.07) is 15.0. The van der Waals surface area contributed by atoms with E-state index in [-0.39, 0.29) is 18.0 Å². The van der Waals surface area contributed by atoms with Crippen molar-refractivity contribution >= 4 is 11.6 Å². The molecule has 0 radical (unpaired) electrons. The second-order valence-electron chi connectivity index (χ2n) is 5.12. The Morgan fingerprint density at radius 1 is 1.21 bits per heavy atom. The number of hydrogen-bond donors (Lipinski definition) is 1. The van der Waals surface area contributed by atoms with Crippen molar-refractivity contribution < 1.29 is 18.4 Å². The van der Waals surface area contributed by atoms with Crippen molar-refractivity contribution in [3.63, 3.8) is 0 Å². The van der Waals surface area contributed by atoms with Crippen LogP contribution in [0.1, 0.15) is 5.69 Å². The van der Waals surface area contributed by atoms with Gasteiger partial charge in [-0.2, -0.15) is 0 Å². The molecule has 0 bridgehead atoms. The Labute approximate surface area is 138 Å². The highest BCUT2D eigenvalue weighted by atomic mass is 19.1. The van der Waals surface area contributed by atoms with Crippen molar-refractivity contribution in [1.82, 2.24) is 5.16 Å². The quantitative estimate of drug-likeness (QED) is 0.777. The van der Waals surface area contributed by atoms with E-state index in [9.17, 15) is 9.18 Å². The Balaban J connectivity index is 1.67. The molecule has 2 aromatic carbocycles. The number of hydrogen-bond acceptors (Lipinski definition) is 4. The maximum absolute atomic E-state index is 13.5. The number of carbonyl (C=O) groups excluding carboxylic acids is 1. The van der Waals surface area contributed by atoms with E-state index in [2.05, 4.69) is 10.5 Å². The summed E-state index contributed by atoms with van der Waals surface area (Å²) >= 11 is 0. The highest BCUT2D eigenvalue weighted by molar-refractivity contribution is 5.92. The molecule has 0 aliphatic rings. The van der Waals surface area contributed by atoms with E-state index >= 15 is 0 Å². The van der Waals surface area contributed by atoms with Crippen LogP contribution in [-0.4, -0.2) is 18.2 Å². The first kappa shape index (κ1) is 15.7. The van der Waals surface area contributed by atoms with Crippen LogP contribution in [0.25, 0.3) is 11.3 Å². The van der Waals surface area contributed by atoms with Gasteiger partial charge in [0.15, 0.2) is 5.76 Å². The molecule has 0 atom stereocenters. The van der Waals surface area contributed by atoms with E-state index in [1.807, 2.05) is 24.3 Å². The van der Waals surface area contributed by atoms with Crippen LogP contribution in [0.15, 0.2) is 59.1 Å². The van der Waals surface area contributed by atoms with Gasteiger partial charge in [0.1, 0.15) is 11.6 Å². The fourth-order valence-electron chi connectivity index (χ4n) is 2.21. The summed E-state index contributed by atoms with van der Waals surface area (Å²) in [5.41, 5.74) is 1.43. The van der Waals surface area contributed by atoms with E-state index < -0.39 is 5.82 Å². The number of rotatable bonds is 5. The standard InChI is InChI=1S/C18H15FN2O3/c1-23-14-8-6-12(7-9-14)17-10-13(21-24-17)11-18(22)20-16-5-3-2-4-15(16)19/h2-10H,11H2,1H3,(H,20,22). The third-order valence-electron chi connectivity index (χ3n) is 3.42. The Morgan fingerprint density at radius 3 is 2.67 bits per heavy atom. The first-order valence-corrected chi connectivity index (χ1v) is 7.30. The number of nitrogens with one attached hydrogen (secondary N) is 1. The van der Waals surface area contributed by atoms with Crippen LogP contribution in [0.2, 0.25) is 0 Å². The summed E-state index contributed by atoms with van der Waals surface area (Å²) in [5, 5.41) is 6.39. The molecular formula is C18H15FN2O3. The third kappa shape index (κ3) is 3.60. The van der Waals surface area contributed by atoms with Gasteiger partial charge in [0.05, 0.1) is 24.9 Å². The summed E-state index contributed by atoms with van der Waals surface area (Å²) in [5.74, 6) is 0.439. The van der Waals surface area contributed by atoms with Crippen LogP contribution >= 0.6 is 0 Å². The highest BCUT2D eigenvalue weighted by Gasteiger charge is 2.12. The lowest BCUT2D eigenvalue weighted by Crippen LogP contribution is -2.15. The van der Waals surface area contributed by atoms with Gasteiger partial charge >= 0.3 is 0 Å². The van der Waals surface area contributed by atoms with Gasteiger partial charge in [0, 0.05) is 11.6 Å². The second-order valence-corrected chi connectivity index (χ2v) is 5.12. The van der Waals surface area contributed by atoms with Gasteiger partial charge in [-0.3, -0.25) is 4.79 Å². The molecule has 3 aromatic rings. The molecule has 122 valence electrons. The zero-order valence-corrected chi connectivity index (χ0v) is 13.0. The molecule has 0 spiro atoms. The number of benzene rings is 2. The van der Waals surface area contributed by atoms with E-state index in [4.69, 9.17) is 9.26 Å². The number of ether oxygens (including phenoxy) is 1. The number of carbonyl (C=O) groups is 1. The first-order chi connectivity index (χ1) is 11.7. The molecule has 1 aromatic heterocycles. The molecule has 0 saturated heterocycles. The molecule has 0 aliphatic carbocycles. The molecule has 1 N–H and O–H groups in total. The number of methoxy groups -OCH3 is 1. The van der Waals surface area contributed by atoms with Crippen LogP contribution in [0.5, 0.6) is 5.75 Å². The predicted molar refractivity (Wildman–Crippen MR) is 87.2 cm³/mol. The van der Waals surface area contributed by atoms with Crippen molar-refractivity contribution in [2.75, 3.05) is 12.4 Å². The van der Waals surface area contributed by atoms with Crippen LogP contribution in [0, 0.1) is 5.82 Å². The molecule has 0 fully saturated rings. The number of aromatic nitrogens is 1. The minimum Gasteiger partial charge on any atom is -0.497 e. The minimum absolute atomic E-state index is 0.00596. The van der Waals surface area contributed by atoms with Crippen LogP contribution in [0.3, 0.4) is 0 Å². The summed E-state index contributed by atoms with van der Waals surface area (Å²) in [6.07, 6.45) is -0.00596. The Hall–Kier alpha value is -3.15. The van der Waals surface area contributed by atoms with E-state index in [1.165, 1.54) is 12.1 Å². The van der Waals surface area contributed by atoms with Gasteiger partial charge in [-0.05, 0) is 36.4 Å². The van der Waals surface area contributed by atoms with Gasteiger partial charge in [0.2, 0.25) is 5.91 Å². The average Bonchev–Trinajstić information content (AvgIpc) is 3.05. The maximum Gasteiger partial charge on any atom is 0.230 e. The SMILES string of the molecule is COc1ccc(-c2cc(CC(=O)Nc3ccccc3F)no2)cc1. The number of halogens is 1. The molecule has 1 heterocycles. The molecule has 0 aliphatic heterocycles.